The smallest absolute Gasteiger partial charge is 0.133 e. The van der Waals surface area contributed by atoms with Gasteiger partial charge >= 0.3 is 0 Å². The second-order valence-corrected chi connectivity index (χ2v) is 5.64. The Kier molecular flexibility index (Phi) is 5.47. The van der Waals surface area contributed by atoms with Crippen LogP contribution in [0, 0.1) is 0 Å². The van der Waals surface area contributed by atoms with Gasteiger partial charge in [0.25, 0.3) is 0 Å². The van der Waals surface area contributed by atoms with Crippen LogP contribution in [0.3, 0.4) is 0 Å². The summed E-state index contributed by atoms with van der Waals surface area (Å²) >= 11 is 3.49. The number of benzene rings is 1. The van der Waals surface area contributed by atoms with Gasteiger partial charge in [-0.1, -0.05) is 12.1 Å². The van der Waals surface area contributed by atoms with Crippen molar-refractivity contribution in [2.75, 3.05) is 32.8 Å². The number of rotatable bonds is 5. The largest absolute Gasteiger partial charge is 0.492 e. The lowest BCUT2D eigenvalue weighted by Crippen LogP contribution is -2.49. The molecule has 18 heavy (non-hydrogen) atoms. The molecule has 3 nitrogen and oxygen atoms in total. The van der Waals surface area contributed by atoms with E-state index in [0.717, 1.165) is 49.4 Å². The Morgan fingerprint density at radius 1 is 1.44 bits per heavy atom. The van der Waals surface area contributed by atoms with Crippen LogP contribution in [0.25, 0.3) is 0 Å². The fourth-order valence-electron chi connectivity index (χ4n) is 2.25. The third-order valence-corrected chi connectivity index (χ3v) is 3.82. The molecule has 4 heteroatoms. The standard InChI is InChI=1S/C14H21BrN2O/c1-12-11-17(9-7-16-12)8-4-10-18-14-6-3-2-5-13(14)15/h2-3,5-6,12,16H,4,7-11H2,1H3. The molecule has 0 bridgehead atoms. The monoisotopic (exact) mass is 312 g/mol. The number of halogens is 1. The average Bonchev–Trinajstić information content (AvgIpc) is 2.37. The summed E-state index contributed by atoms with van der Waals surface area (Å²) in [5.74, 6) is 0.936. The molecule has 1 fully saturated rings. The van der Waals surface area contributed by atoms with Crippen molar-refractivity contribution in [2.24, 2.45) is 0 Å². The minimum atomic E-state index is 0.614. The number of hydrogen-bond donors (Lipinski definition) is 1. The highest BCUT2D eigenvalue weighted by molar-refractivity contribution is 9.10. The van der Waals surface area contributed by atoms with Gasteiger partial charge in [0.1, 0.15) is 5.75 Å². The molecular formula is C14H21BrN2O. The van der Waals surface area contributed by atoms with Crippen molar-refractivity contribution in [3.05, 3.63) is 28.7 Å². The number of para-hydroxylation sites is 1. The summed E-state index contributed by atoms with van der Waals surface area (Å²) in [5, 5.41) is 3.46. The molecule has 1 heterocycles. The van der Waals surface area contributed by atoms with Crippen molar-refractivity contribution >= 4 is 15.9 Å². The summed E-state index contributed by atoms with van der Waals surface area (Å²) in [6.07, 6.45) is 1.08. The van der Waals surface area contributed by atoms with E-state index in [1.165, 1.54) is 0 Å². The van der Waals surface area contributed by atoms with Gasteiger partial charge in [-0.15, -0.1) is 0 Å². The fraction of sp³-hybridized carbons (Fsp3) is 0.571. The van der Waals surface area contributed by atoms with E-state index in [1.54, 1.807) is 0 Å². The van der Waals surface area contributed by atoms with Crippen LogP contribution in [-0.2, 0) is 0 Å². The first-order valence-electron chi connectivity index (χ1n) is 6.59. The molecule has 0 radical (unpaired) electrons. The molecule has 1 aromatic carbocycles. The summed E-state index contributed by atoms with van der Waals surface area (Å²) in [5.41, 5.74) is 0. The lowest BCUT2D eigenvalue weighted by Gasteiger charge is -2.31. The molecular weight excluding hydrogens is 292 g/mol. The van der Waals surface area contributed by atoms with E-state index >= 15 is 0 Å². The second-order valence-electron chi connectivity index (χ2n) is 4.79. The maximum absolute atomic E-state index is 5.77. The zero-order valence-corrected chi connectivity index (χ0v) is 12.4. The third-order valence-electron chi connectivity index (χ3n) is 3.17. The zero-order valence-electron chi connectivity index (χ0n) is 10.9. The van der Waals surface area contributed by atoms with E-state index in [2.05, 4.69) is 33.1 Å². The van der Waals surface area contributed by atoms with Gasteiger partial charge in [0.15, 0.2) is 0 Å². The van der Waals surface area contributed by atoms with Crippen molar-refractivity contribution in [1.29, 1.82) is 0 Å². The fourth-order valence-corrected chi connectivity index (χ4v) is 2.65. The predicted molar refractivity (Wildman–Crippen MR) is 78.2 cm³/mol. The van der Waals surface area contributed by atoms with Crippen LogP contribution in [0.4, 0.5) is 0 Å². The van der Waals surface area contributed by atoms with Gasteiger partial charge in [0.05, 0.1) is 11.1 Å². The molecule has 1 aromatic rings. The van der Waals surface area contributed by atoms with Gasteiger partial charge in [0.2, 0.25) is 0 Å². The molecule has 1 aliphatic heterocycles. The van der Waals surface area contributed by atoms with E-state index < -0.39 is 0 Å². The quantitative estimate of drug-likeness (QED) is 0.846. The molecule has 1 unspecified atom stereocenters. The lowest BCUT2D eigenvalue weighted by molar-refractivity contribution is 0.189. The molecule has 1 atom stereocenters. The molecule has 0 spiro atoms. The van der Waals surface area contributed by atoms with Gasteiger partial charge < -0.3 is 15.0 Å². The highest BCUT2D eigenvalue weighted by atomic mass is 79.9. The molecule has 0 aromatic heterocycles. The summed E-state index contributed by atoms with van der Waals surface area (Å²) < 4.78 is 6.79. The molecule has 0 aliphatic carbocycles. The van der Waals surface area contributed by atoms with Crippen LogP contribution < -0.4 is 10.1 Å². The van der Waals surface area contributed by atoms with E-state index in [9.17, 15) is 0 Å². The Bertz CT molecular complexity index is 373. The summed E-state index contributed by atoms with van der Waals surface area (Å²) in [7, 11) is 0. The van der Waals surface area contributed by atoms with Gasteiger partial charge in [-0.2, -0.15) is 0 Å². The molecule has 1 aliphatic rings. The minimum absolute atomic E-state index is 0.614. The van der Waals surface area contributed by atoms with Crippen LogP contribution in [0.2, 0.25) is 0 Å². The van der Waals surface area contributed by atoms with Gasteiger partial charge in [-0.05, 0) is 41.4 Å². The Balaban J connectivity index is 1.65. The number of nitrogens with zero attached hydrogens (tertiary/aromatic N) is 1. The first-order chi connectivity index (χ1) is 8.75. The zero-order chi connectivity index (χ0) is 12.8. The van der Waals surface area contributed by atoms with Crippen LogP contribution >= 0.6 is 15.9 Å². The average molecular weight is 313 g/mol. The SMILES string of the molecule is CC1CN(CCCOc2ccccc2Br)CCN1. The van der Waals surface area contributed by atoms with Crippen molar-refractivity contribution in [2.45, 2.75) is 19.4 Å². The summed E-state index contributed by atoms with van der Waals surface area (Å²) in [6, 6.07) is 8.62. The summed E-state index contributed by atoms with van der Waals surface area (Å²) in [4.78, 5) is 2.50. The van der Waals surface area contributed by atoms with E-state index in [1.807, 2.05) is 24.3 Å². The van der Waals surface area contributed by atoms with Crippen LogP contribution in [0.1, 0.15) is 13.3 Å². The molecule has 0 saturated carbocycles. The second kappa shape index (κ2) is 7.12. The van der Waals surface area contributed by atoms with Gasteiger partial charge in [-0.3, -0.25) is 0 Å². The molecule has 2 rings (SSSR count). The number of nitrogens with one attached hydrogen (secondary N) is 1. The summed E-state index contributed by atoms with van der Waals surface area (Å²) in [6.45, 7) is 7.54. The molecule has 1 saturated heterocycles. The Hall–Kier alpha value is -0.580. The van der Waals surface area contributed by atoms with Crippen molar-refractivity contribution in [3.63, 3.8) is 0 Å². The van der Waals surface area contributed by atoms with Crippen molar-refractivity contribution < 1.29 is 4.74 Å². The van der Waals surface area contributed by atoms with Crippen LogP contribution in [0.15, 0.2) is 28.7 Å². The Morgan fingerprint density at radius 2 is 2.28 bits per heavy atom. The first kappa shape index (κ1) is 13.8. The lowest BCUT2D eigenvalue weighted by atomic mass is 10.2. The minimum Gasteiger partial charge on any atom is -0.492 e. The molecule has 0 amide bonds. The number of hydrogen-bond acceptors (Lipinski definition) is 3. The maximum atomic E-state index is 5.77. The third kappa shape index (κ3) is 4.26. The first-order valence-corrected chi connectivity index (χ1v) is 7.38. The Morgan fingerprint density at radius 3 is 3.06 bits per heavy atom. The van der Waals surface area contributed by atoms with Crippen molar-refractivity contribution in [3.8, 4) is 5.75 Å². The molecule has 100 valence electrons. The van der Waals surface area contributed by atoms with Crippen molar-refractivity contribution in [1.82, 2.24) is 10.2 Å². The number of piperazine rings is 1. The van der Waals surface area contributed by atoms with E-state index in [4.69, 9.17) is 4.74 Å². The Labute approximate surface area is 118 Å². The van der Waals surface area contributed by atoms with E-state index in [-0.39, 0.29) is 0 Å². The maximum Gasteiger partial charge on any atom is 0.133 e. The van der Waals surface area contributed by atoms with E-state index in [0.29, 0.717) is 6.04 Å². The van der Waals surface area contributed by atoms with Gasteiger partial charge in [0, 0.05) is 32.2 Å². The topological polar surface area (TPSA) is 24.5 Å². The van der Waals surface area contributed by atoms with Crippen LogP contribution in [-0.4, -0.2) is 43.7 Å². The van der Waals surface area contributed by atoms with Gasteiger partial charge in [-0.25, -0.2) is 0 Å². The highest BCUT2D eigenvalue weighted by Crippen LogP contribution is 2.23. The highest BCUT2D eigenvalue weighted by Gasteiger charge is 2.14. The number of ether oxygens (including phenoxy) is 1. The predicted octanol–water partition coefficient (Wildman–Crippen LogP) is 2.51. The van der Waals surface area contributed by atoms with Crippen LogP contribution in [0.5, 0.6) is 5.75 Å². The molecule has 1 N–H and O–H groups in total. The normalized spacial score (nSPS) is 20.9.